The zero-order valence-electron chi connectivity index (χ0n) is 7.98. The molecule has 0 unspecified atom stereocenters. The van der Waals surface area contributed by atoms with Gasteiger partial charge < -0.3 is 0 Å². The molecule has 0 bridgehead atoms. The number of allylic oxidation sites excluding steroid dienone is 1. The molecule has 1 nitrogen and oxygen atoms in total. The smallest absolute Gasteiger partial charge is 0.0963 e. The molecule has 0 spiro atoms. The Balaban J connectivity index is 3.11. The van der Waals surface area contributed by atoms with E-state index in [9.17, 15) is 0 Å². The lowest BCUT2D eigenvalue weighted by Gasteiger charge is -1.98. The molecule has 0 aliphatic rings. The van der Waals surface area contributed by atoms with Crippen molar-refractivity contribution in [2.45, 2.75) is 19.8 Å². The molecule has 1 heterocycles. The van der Waals surface area contributed by atoms with E-state index in [1.54, 1.807) is 0 Å². The maximum Gasteiger partial charge on any atom is 0.0963 e. The third-order valence-electron chi connectivity index (χ3n) is 1.76. The zero-order chi connectivity index (χ0) is 11.4. The topological polar surface area (TPSA) is 23.8 Å². The van der Waals surface area contributed by atoms with E-state index in [4.69, 9.17) is 16.9 Å². The number of rotatable bonds is 3. The van der Waals surface area contributed by atoms with Crippen molar-refractivity contribution in [2.75, 3.05) is 0 Å². The van der Waals surface area contributed by atoms with Crippen molar-refractivity contribution < 1.29 is 0 Å². The van der Waals surface area contributed by atoms with Gasteiger partial charge in [-0.15, -0.1) is 11.3 Å². The highest BCUT2D eigenvalue weighted by Gasteiger charge is 2.11. The number of hydrogen-bond acceptors (Lipinski definition) is 2. The van der Waals surface area contributed by atoms with Crippen LogP contribution in [0.4, 0.5) is 0 Å². The van der Waals surface area contributed by atoms with Crippen LogP contribution in [0.25, 0.3) is 5.03 Å². The molecule has 0 N–H and O–H groups in total. The van der Waals surface area contributed by atoms with Gasteiger partial charge in [0.25, 0.3) is 0 Å². The molecule has 0 atom stereocenters. The molecule has 1 aromatic heterocycles. The summed E-state index contributed by atoms with van der Waals surface area (Å²) >= 11 is 14.5. The second-order valence-corrected chi connectivity index (χ2v) is 6.49. The summed E-state index contributed by atoms with van der Waals surface area (Å²) in [6, 6.07) is 4.07. The molecule has 0 aromatic carbocycles. The number of halogens is 3. The summed E-state index contributed by atoms with van der Waals surface area (Å²) < 4.78 is 1.96. The fourth-order valence-electron chi connectivity index (χ4n) is 1.07. The highest BCUT2D eigenvalue weighted by Crippen LogP contribution is 2.38. The summed E-state index contributed by atoms with van der Waals surface area (Å²) in [6.45, 7) is 2.03. The van der Waals surface area contributed by atoms with E-state index in [0.29, 0.717) is 10.6 Å². The molecule has 1 rings (SSSR count). The SMILES string of the molecule is CCCC(C#N)=C(Cl)c1cc(Br)c(Br)s1. The molecular weight excluding hydrogens is 361 g/mol. The highest BCUT2D eigenvalue weighted by atomic mass is 79.9. The summed E-state index contributed by atoms with van der Waals surface area (Å²) in [4.78, 5) is 0.917. The Morgan fingerprint density at radius 2 is 2.27 bits per heavy atom. The monoisotopic (exact) mass is 367 g/mol. The highest BCUT2D eigenvalue weighted by molar-refractivity contribution is 9.13. The van der Waals surface area contributed by atoms with Crippen LogP contribution < -0.4 is 0 Å². The summed E-state index contributed by atoms with van der Waals surface area (Å²) in [7, 11) is 0. The normalized spacial score (nSPS) is 12.2. The van der Waals surface area contributed by atoms with Crippen molar-refractivity contribution in [3.8, 4) is 6.07 Å². The van der Waals surface area contributed by atoms with Crippen LogP contribution in [0.2, 0.25) is 0 Å². The Morgan fingerprint density at radius 3 is 2.67 bits per heavy atom. The molecule has 0 aliphatic heterocycles. The Labute approximate surface area is 115 Å². The summed E-state index contributed by atoms with van der Waals surface area (Å²) in [5, 5.41) is 9.52. The quantitative estimate of drug-likeness (QED) is 0.641. The van der Waals surface area contributed by atoms with Gasteiger partial charge in [0.05, 0.1) is 14.9 Å². The predicted octanol–water partition coefficient (Wildman–Crippen LogP) is 5.55. The Morgan fingerprint density at radius 1 is 1.60 bits per heavy atom. The molecule has 80 valence electrons. The first-order valence-corrected chi connectivity index (χ1v) is 7.12. The molecule has 0 amide bonds. The average Bonchev–Trinajstić information content (AvgIpc) is 2.55. The first-order valence-electron chi connectivity index (χ1n) is 4.34. The third kappa shape index (κ3) is 3.32. The number of hydrogen-bond donors (Lipinski definition) is 0. The first kappa shape index (κ1) is 13.2. The average molecular weight is 370 g/mol. The van der Waals surface area contributed by atoms with Crippen molar-refractivity contribution in [3.05, 3.63) is 24.8 Å². The molecule has 0 saturated carbocycles. The molecule has 0 saturated heterocycles. The number of thiophene rings is 1. The summed E-state index contributed by atoms with van der Waals surface area (Å²) in [6.07, 6.45) is 1.65. The molecule has 15 heavy (non-hydrogen) atoms. The van der Waals surface area contributed by atoms with E-state index in [1.807, 2.05) is 13.0 Å². The fraction of sp³-hybridized carbons (Fsp3) is 0.300. The van der Waals surface area contributed by atoms with Crippen LogP contribution in [0.1, 0.15) is 24.6 Å². The minimum Gasteiger partial charge on any atom is -0.193 e. The van der Waals surface area contributed by atoms with Gasteiger partial charge in [0, 0.05) is 14.9 Å². The van der Waals surface area contributed by atoms with E-state index >= 15 is 0 Å². The lowest BCUT2D eigenvalue weighted by molar-refractivity contribution is 0.933. The van der Waals surface area contributed by atoms with Crippen molar-refractivity contribution in [1.82, 2.24) is 0 Å². The van der Waals surface area contributed by atoms with Crippen molar-refractivity contribution in [3.63, 3.8) is 0 Å². The number of nitrogens with zero attached hydrogens (tertiary/aromatic N) is 1. The van der Waals surface area contributed by atoms with Gasteiger partial charge in [-0.1, -0.05) is 24.9 Å². The van der Waals surface area contributed by atoms with Crippen LogP contribution >= 0.6 is 54.8 Å². The van der Waals surface area contributed by atoms with Gasteiger partial charge in [0.15, 0.2) is 0 Å². The van der Waals surface area contributed by atoms with Crippen LogP contribution in [-0.4, -0.2) is 0 Å². The lowest BCUT2D eigenvalue weighted by atomic mass is 10.1. The van der Waals surface area contributed by atoms with Crippen LogP contribution in [0.5, 0.6) is 0 Å². The summed E-state index contributed by atoms with van der Waals surface area (Å²) in [5.74, 6) is 0. The Bertz CT molecular complexity index is 412. The summed E-state index contributed by atoms with van der Waals surface area (Å²) in [5.41, 5.74) is 0.653. The van der Waals surface area contributed by atoms with E-state index in [2.05, 4.69) is 37.9 Å². The van der Waals surface area contributed by atoms with E-state index in [-0.39, 0.29) is 0 Å². The maximum absolute atomic E-state index is 8.95. The Hall–Kier alpha value is 0.180. The largest absolute Gasteiger partial charge is 0.193 e. The van der Waals surface area contributed by atoms with Gasteiger partial charge >= 0.3 is 0 Å². The van der Waals surface area contributed by atoms with Crippen LogP contribution in [-0.2, 0) is 0 Å². The van der Waals surface area contributed by atoms with Gasteiger partial charge in [-0.25, -0.2) is 0 Å². The third-order valence-corrected chi connectivity index (χ3v) is 5.58. The predicted molar refractivity (Wildman–Crippen MR) is 73.0 cm³/mol. The molecule has 0 aliphatic carbocycles. The molecule has 5 heteroatoms. The van der Waals surface area contributed by atoms with E-state index in [0.717, 1.165) is 26.0 Å². The minimum absolute atomic E-state index is 0.566. The van der Waals surface area contributed by atoms with Crippen molar-refractivity contribution in [2.24, 2.45) is 0 Å². The van der Waals surface area contributed by atoms with Gasteiger partial charge in [0.2, 0.25) is 0 Å². The lowest BCUT2D eigenvalue weighted by Crippen LogP contribution is -1.81. The van der Waals surface area contributed by atoms with Crippen molar-refractivity contribution >= 4 is 59.8 Å². The molecule has 1 aromatic rings. The van der Waals surface area contributed by atoms with Crippen LogP contribution in [0, 0.1) is 11.3 Å². The minimum atomic E-state index is 0.566. The molecule has 0 radical (unpaired) electrons. The van der Waals surface area contributed by atoms with Crippen molar-refractivity contribution in [1.29, 1.82) is 5.26 Å². The fourth-order valence-corrected chi connectivity index (χ4v) is 3.38. The first-order chi connectivity index (χ1) is 7.10. The standard InChI is InChI=1S/C10H8Br2ClNS/c1-2-3-6(5-14)9(13)8-4-7(11)10(12)15-8/h4H,2-3H2,1H3. The van der Waals surface area contributed by atoms with E-state index in [1.165, 1.54) is 11.3 Å². The molecule has 0 fully saturated rings. The van der Waals surface area contributed by atoms with Crippen LogP contribution in [0.3, 0.4) is 0 Å². The second kappa shape index (κ2) is 6.05. The Kier molecular flexibility index (Phi) is 5.34. The number of nitriles is 1. The second-order valence-electron chi connectivity index (χ2n) is 2.89. The molecular formula is C10H8Br2ClNS. The van der Waals surface area contributed by atoms with E-state index < -0.39 is 0 Å². The van der Waals surface area contributed by atoms with Crippen LogP contribution in [0.15, 0.2) is 19.9 Å². The maximum atomic E-state index is 8.95. The van der Waals surface area contributed by atoms with Gasteiger partial charge in [-0.05, 0) is 44.3 Å². The van der Waals surface area contributed by atoms with Gasteiger partial charge in [0.1, 0.15) is 0 Å². The zero-order valence-corrected chi connectivity index (χ0v) is 12.7. The van der Waals surface area contributed by atoms with Gasteiger partial charge in [-0.2, -0.15) is 5.26 Å². The van der Waals surface area contributed by atoms with Gasteiger partial charge in [-0.3, -0.25) is 0 Å².